The van der Waals surface area contributed by atoms with Crippen molar-refractivity contribution in [2.75, 3.05) is 5.73 Å². The number of rotatable bonds is 2. The van der Waals surface area contributed by atoms with Gasteiger partial charge in [0, 0.05) is 29.6 Å². The highest BCUT2D eigenvalue weighted by molar-refractivity contribution is 5.87. The van der Waals surface area contributed by atoms with Crippen molar-refractivity contribution < 1.29 is 10.0 Å². The molecule has 0 aromatic heterocycles. The molecule has 0 fully saturated rings. The molecule has 0 amide bonds. The number of nitro benzene ring substituents is 1. The Bertz CT molecular complexity index is 375. The van der Waals surface area contributed by atoms with Crippen LogP contribution in [0, 0.1) is 15.5 Å². The zero-order valence-electron chi connectivity index (χ0n) is 6.52. The van der Waals surface area contributed by atoms with E-state index in [1.165, 1.54) is 0 Å². The minimum Gasteiger partial charge on any atom is -0.502 e. The lowest BCUT2D eigenvalue weighted by Crippen LogP contribution is -1.96. The molecule has 0 bridgehead atoms. The molecule has 1 rings (SSSR count). The van der Waals surface area contributed by atoms with E-state index in [-0.39, 0.29) is 11.3 Å². The number of nitrogens with two attached hydrogens (primary N) is 1. The molecule has 0 unspecified atom stereocenters. The molecule has 0 spiro atoms. The molecular formula is C7H7N3O3. The summed E-state index contributed by atoms with van der Waals surface area (Å²) in [5.41, 5.74) is 5.27. The lowest BCUT2D eigenvalue weighted by Gasteiger charge is -2.00. The molecule has 0 aliphatic carbocycles. The number of aromatic hydroxyl groups is 1. The molecule has 0 atom stereocenters. The van der Waals surface area contributed by atoms with Crippen LogP contribution >= 0.6 is 0 Å². The zero-order chi connectivity index (χ0) is 10.0. The molecule has 0 aliphatic heterocycles. The van der Waals surface area contributed by atoms with Gasteiger partial charge < -0.3 is 16.2 Å². The van der Waals surface area contributed by atoms with Gasteiger partial charge in [0.05, 0.1) is 4.92 Å². The van der Waals surface area contributed by atoms with Crippen LogP contribution in [0.15, 0.2) is 12.1 Å². The van der Waals surface area contributed by atoms with Crippen molar-refractivity contribution >= 4 is 17.6 Å². The molecule has 0 heterocycles. The fourth-order valence-corrected chi connectivity index (χ4v) is 0.880. The lowest BCUT2D eigenvalue weighted by molar-refractivity contribution is -0.385. The number of nitrogens with zero attached hydrogens (tertiary/aromatic N) is 1. The second kappa shape index (κ2) is 3.10. The van der Waals surface area contributed by atoms with Gasteiger partial charge in [0.1, 0.15) is 0 Å². The Hall–Kier alpha value is -2.11. The molecule has 1 aromatic carbocycles. The van der Waals surface area contributed by atoms with E-state index in [0.29, 0.717) is 0 Å². The molecule has 68 valence electrons. The maximum Gasteiger partial charge on any atom is 0.311 e. The van der Waals surface area contributed by atoms with Crippen LogP contribution in [0.3, 0.4) is 0 Å². The van der Waals surface area contributed by atoms with Gasteiger partial charge in [-0.05, 0) is 0 Å². The monoisotopic (exact) mass is 181 g/mol. The number of nitro groups is 1. The largest absolute Gasteiger partial charge is 0.502 e. The number of nitrogen functional groups attached to an aromatic ring is 1. The number of hydrogen-bond acceptors (Lipinski definition) is 5. The third-order valence-electron chi connectivity index (χ3n) is 1.53. The number of hydrogen-bond donors (Lipinski definition) is 3. The number of benzene rings is 1. The first-order valence-corrected chi connectivity index (χ1v) is 3.33. The van der Waals surface area contributed by atoms with Gasteiger partial charge in [0.2, 0.25) is 0 Å². The van der Waals surface area contributed by atoms with E-state index in [4.69, 9.17) is 16.2 Å². The number of phenolic OH excluding ortho intramolecular Hbond substituents is 1. The van der Waals surface area contributed by atoms with E-state index in [1.54, 1.807) is 0 Å². The van der Waals surface area contributed by atoms with Crippen molar-refractivity contribution in [3.63, 3.8) is 0 Å². The Morgan fingerprint density at radius 3 is 2.69 bits per heavy atom. The van der Waals surface area contributed by atoms with Crippen molar-refractivity contribution in [2.45, 2.75) is 0 Å². The summed E-state index contributed by atoms with van der Waals surface area (Å²) in [6.07, 6.45) is 0.891. The first-order chi connectivity index (χ1) is 6.06. The summed E-state index contributed by atoms with van der Waals surface area (Å²) in [5, 5.41) is 26.3. The van der Waals surface area contributed by atoms with Gasteiger partial charge in [-0.1, -0.05) is 0 Å². The Labute approximate surface area is 73.3 Å². The van der Waals surface area contributed by atoms with Gasteiger partial charge in [0.15, 0.2) is 5.75 Å². The normalized spacial score (nSPS) is 9.54. The van der Waals surface area contributed by atoms with Crippen molar-refractivity contribution in [1.29, 1.82) is 5.41 Å². The van der Waals surface area contributed by atoms with Crippen LogP contribution in [0.25, 0.3) is 0 Å². The molecule has 0 radical (unpaired) electrons. The van der Waals surface area contributed by atoms with Crippen molar-refractivity contribution in [1.82, 2.24) is 0 Å². The highest BCUT2D eigenvalue weighted by Crippen LogP contribution is 2.29. The SMILES string of the molecule is N=Cc1cc([N+](=O)[O-])c(O)cc1N. The Morgan fingerprint density at radius 1 is 1.62 bits per heavy atom. The van der Waals surface area contributed by atoms with Gasteiger partial charge in [0.25, 0.3) is 0 Å². The second-order valence-electron chi connectivity index (χ2n) is 2.37. The van der Waals surface area contributed by atoms with Crippen molar-refractivity contribution in [3.8, 4) is 5.75 Å². The topological polar surface area (TPSA) is 113 Å². The third-order valence-corrected chi connectivity index (χ3v) is 1.53. The number of nitrogens with one attached hydrogen (secondary N) is 1. The van der Waals surface area contributed by atoms with Gasteiger partial charge >= 0.3 is 5.69 Å². The molecular weight excluding hydrogens is 174 g/mol. The maximum atomic E-state index is 10.3. The lowest BCUT2D eigenvalue weighted by atomic mass is 10.1. The summed E-state index contributed by atoms with van der Waals surface area (Å²) in [5.74, 6) is -0.492. The minimum absolute atomic E-state index is 0.137. The van der Waals surface area contributed by atoms with Crippen LogP contribution in [0.5, 0.6) is 5.75 Å². The van der Waals surface area contributed by atoms with E-state index < -0.39 is 16.4 Å². The van der Waals surface area contributed by atoms with Gasteiger partial charge in [-0.3, -0.25) is 10.1 Å². The highest BCUT2D eigenvalue weighted by atomic mass is 16.6. The molecule has 4 N–H and O–H groups in total. The molecule has 0 aliphatic rings. The van der Waals surface area contributed by atoms with Crippen LogP contribution in [-0.2, 0) is 0 Å². The van der Waals surface area contributed by atoms with Gasteiger partial charge in [-0.2, -0.15) is 0 Å². The van der Waals surface area contributed by atoms with Gasteiger partial charge in [-0.15, -0.1) is 0 Å². The Kier molecular flexibility index (Phi) is 2.14. The molecule has 0 saturated carbocycles. The van der Waals surface area contributed by atoms with Crippen LogP contribution in [0.4, 0.5) is 11.4 Å². The first-order valence-electron chi connectivity index (χ1n) is 3.33. The van der Waals surface area contributed by atoms with Crippen molar-refractivity contribution in [2.24, 2.45) is 0 Å². The Balaban J connectivity index is 3.38. The first kappa shape index (κ1) is 8.98. The smallest absolute Gasteiger partial charge is 0.311 e. The van der Waals surface area contributed by atoms with Crippen LogP contribution in [0.1, 0.15) is 5.56 Å². The predicted octanol–water partition coefficient (Wildman–Crippen LogP) is 0.880. The van der Waals surface area contributed by atoms with Crippen molar-refractivity contribution in [3.05, 3.63) is 27.8 Å². The summed E-state index contributed by atoms with van der Waals surface area (Å²) in [7, 11) is 0. The average molecular weight is 181 g/mol. The molecule has 6 heteroatoms. The Morgan fingerprint density at radius 2 is 2.23 bits per heavy atom. The summed E-state index contributed by atoms with van der Waals surface area (Å²) in [6, 6.07) is 2.11. The fourth-order valence-electron chi connectivity index (χ4n) is 0.880. The third kappa shape index (κ3) is 1.56. The second-order valence-corrected chi connectivity index (χ2v) is 2.37. The van der Waals surface area contributed by atoms with E-state index in [9.17, 15) is 10.1 Å². The number of anilines is 1. The number of phenols is 1. The summed E-state index contributed by atoms with van der Waals surface area (Å²) in [6.45, 7) is 0. The zero-order valence-corrected chi connectivity index (χ0v) is 6.52. The van der Waals surface area contributed by atoms with E-state index >= 15 is 0 Å². The predicted molar refractivity (Wildman–Crippen MR) is 47.1 cm³/mol. The molecule has 0 saturated heterocycles. The van der Waals surface area contributed by atoms with Crippen LogP contribution in [-0.4, -0.2) is 16.2 Å². The highest BCUT2D eigenvalue weighted by Gasteiger charge is 2.15. The van der Waals surface area contributed by atoms with Crippen LogP contribution in [0.2, 0.25) is 0 Å². The van der Waals surface area contributed by atoms with E-state index in [1.807, 2.05) is 0 Å². The maximum absolute atomic E-state index is 10.3. The molecule has 13 heavy (non-hydrogen) atoms. The van der Waals surface area contributed by atoms with Gasteiger partial charge in [-0.25, -0.2) is 0 Å². The molecule has 1 aromatic rings. The minimum atomic E-state index is -0.734. The standard InChI is InChI=1S/C7H7N3O3/c8-3-4-1-6(10(12)13)7(11)2-5(4)9/h1-3,8,11H,9H2. The quantitative estimate of drug-likeness (QED) is 0.272. The summed E-state index contributed by atoms with van der Waals surface area (Å²) < 4.78 is 0. The van der Waals surface area contributed by atoms with Crippen LogP contribution < -0.4 is 5.73 Å². The van der Waals surface area contributed by atoms with E-state index in [2.05, 4.69) is 0 Å². The summed E-state index contributed by atoms with van der Waals surface area (Å²) >= 11 is 0. The average Bonchev–Trinajstić information content (AvgIpc) is 2.03. The fraction of sp³-hybridized carbons (Fsp3) is 0. The molecule has 6 nitrogen and oxygen atoms in total. The van der Waals surface area contributed by atoms with E-state index in [0.717, 1.165) is 18.3 Å². The summed E-state index contributed by atoms with van der Waals surface area (Å²) in [4.78, 5) is 9.60.